The van der Waals surface area contributed by atoms with E-state index in [-0.39, 0.29) is 29.2 Å². The third-order valence-corrected chi connectivity index (χ3v) is 4.71. The molecular formula is C17H24FN3O3. The van der Waals surface area contributed by atoms with E-state index in [1.807, 2.05) is 6.92 Å². The Bertz CT molecular complexity index is 613. The van der Waals surface area contributed by atoms with Gasteiger partial charge in [0.2, 0.25) is 5.91 Å². The molecule has 1 aliphatic heterocycles. The molecule has 1 fully saturated rings. The van der Waals surface area contributed by atoms with Crippen molar-refractivity contribution in [1.29, 1.82) is 0 Å². The summed E-state index contributed by atoms with van der Waals surface area (Å²) in [6.07, 6.45) is 1.20. The zero-order valence-corrected chi connectivity index (χ0v) is 14.3. The SMILES string of the molecule is CC(C)C(C)NC(=O)C1CCN(c2cc(F)ccc2[N+](=O)[O-])CC1. The van der Waals surface area contributed by atoms with Crippen molar-refractivity contribution in [3.8, 4) is 0 Å². The summed E-state index contributed by atoms with van der Waals surface area (Å²) in [7, 11) is 0. The van der Waals surface area contributed by atoms with Gasteiger partial charge >= 0.3 is 0 Å². The van der Waals surface area contributed by atoms with Crippen molar-refractivity contribution in [3.63, 3.8) is 0 Å². The Kier molecular flexibility index (Phi) is 5.75. The van der Waals surface area contributed by atoms with Crippen LogP contribution in [0.25, 0.3) is 0 Å². The second kappa shape index (κ2) is 7.59. The Morgan fingerprint density at radius 2 is 1.96 bits per heavy atom. The van der Waals surface area contributed by atoms with Gasteiger partial charge in [-0.25, -0.2) is 4.39 Å². The highest BCUT2D eigenvalue weighted by molar-refractivity contribution is 5.79. The van der Waals surface area contributed by atoms with Gasteiger partial charge in [-0.05, 0) is 31.7 Å². The maximum atomic E-state index is 13.5. The smallest absolute Gasteiger partial charge is 0.292 e. The Hall–Kier alpha value is -2.18. The molecule has 0 radical (unpaired) electrons. The molecule has 0 spiro atoms. The molecular weight excluding hydrogens is 313 g/mol. The monoisotopic (exact) mass is 337 g/mol. The minimum Gasteiger partial charge on any atom is -0.366 e. The number of piperidine rings is 1. The van der Waals surface area contributed by atoms with Crippen LogP contribution in [0.4, 0.5) is 15.8 Å². The van der Waals surface area contributed by atoms with Gasteiger partial charge in [0.1, 0.15) is 11.5 Å². The average molecular weight is 337 g/mol. The zero-order chi connectivity index (χ0) is 17.9. The van der Waals surface area contributed by atoms with E-state index in [0.717, 1.165) is 6.07 Å². The molecule has 1 N–H and O–H groups in total. The number of nitrogens with one attached hydrogen (secondary N) is 1. The fourth-order valence-electron chi connectivity index (χ4n) is 2.80. The summed E-state index contributed by atoms with van der Waals surface area (Å²) in [6, 6.07) is 3.59. The maximum Gasteiger partial charge on any atom is 0.292 e. The van der Waals surface area contributed by atoms with Crippen LogP contribution in [-0.2, 0) is 4.79 Å². The fraction of sp³-hybridized carbons (Fsp3) is 0.588. The number of carbonyl (C=O) groups is 1. The van der Waals surface area contributed by atoms with E-state index in [1.54, 1.807) is 4.90 Å². The molecule has 1 atom stereocenters. The number of nitrogens with zero attached hydrogens (tertiary/aromatic N) is 2. The summed E-state index contributed by atoms with van der Waals surface area (Å²) in [6.45, 7) is 7.08. The van der Waals surface area contributed by atoms with Gasteiger partial charge < -0.3 is 10.2 Å². The quantitative estimate of drug-likeness (QED) is 0.662. The number of halogens is 1. The number of hydrogen-bond acceptors (Lipinski definition) is 4. The van der Waals surface area contributed by atoms with Crippen molar-refractivity contribution in [2.75, 3.05) is 18.0 Å². The number of nitro benzene ring substituents is 1. The van der Waals surface area contributed by atoms with E-state index in [1.165, 1.54) is 12.1 Å². The van der Waals surface area contributed by atoms with Crippen LogP contribution in [0.3, 0.4) is 0 Å². The number of carbonyl (C=O) groups excluding carboxylic acids is 1. The highest BCUT2D eigenvalue weighted by Crippen LogP contribution is 2.32. The fourth-order valence-corrected chi connectivity index (χ4v) is 2.80. The highest BCUT2D eigenvalue weighted by Gasteiger charge is 2.29. The lowest BCUT2D eigenvalue weighted by atomic mass is 9.94. The topological polar surface area (TPSA) is 75.5 Å². The molecule has 0 aliphatic carbocycles. The molecule has 0 aromatic heterocycles. The van der Waals surface area contributed by atoms with Crippen LogP contribution in [0.1, 0.15) is 33.6 Å². The largest absolute Gasteiger partial charge is 0.366 e. The Labute approximate surface area is 141 Å². The molecule has 132 valence electrons. The third-order valence-electron chi connectivity index (χ3n) is 4.71. The molecule has 1 amide bonds. The molecule has 2 rings (SSSR count). The van der Waals surface area contributed by atoms with Crippen molar-refractivity contribution in [2.45, 2.75) is 39.7 Å². The Balaban J connectivity index is 2.02. The van der Waals surface area contributed by atoms with Gasteiger partial charge in [-0.3, -0.25) is 14.9 Å². The number of benzene rings is 1. The number of anilines is 1. The molecule has 1 aliphatic rings. The van der Waals surface area contributed by atoms with Crippen molar-refractivity contribution in [1.82, 2.24) is 5.32 Å². The zero-order valence-electron chi connectivity index (χ0n) is 14.3. The van der Waals surface area contributed by atoms with Gasteiger partial charge in [0.25, 0.3) is 5.69 Å². The predicted molar refractivity (Wildman–Crippen MR) is 90.4 cm³/mol. The Morgan fingerprint density at radius 1 is 1.33 bits per heavy atom. The van der Waals surface area contributed by atoms with Crippen LogP contribution in [0.15, 0.2) is 18.2 Å². The summed E-state index contributed by atoms with van der Waals surface area (Å²) in [5.74, 6) is -0.204. The molecule has 1 saturated heterocycles. The third kappa shape index (κ3) is 4.21. The lowest BCUT2D eigenvalue weighted by Crippen LogP contribution is -2.44. The lowest BCUT2D eigenvalue weighted by molar-refractivity contribution is -0.384. The first kappa shape index (κ1) is 18.2. The summed E-state index contributed by atoms with van der Waals surface area (Å²) in [4.78, 5) is 24.7. The summed E-state index contributed by atoms with van der Waals surface area (Å²) < 4.78 is 13.5. The number of nitro groups is 1. The molecule has 0 saturated carbocycles. The van der Waals surface area contributed by atoms with E-state index >= 15 is 0 Å². The van der Waals surface area contributed by atoms with Crippen molar-refractivity contribution >= 4 is 17.3 Å². The van der Waals surface area contributed by atoms with E-state index in [0.29, 0.717) is 31.8 Å². The molecule has 7 heteroatoms. The number of hydrogen-bond donors (Lipinski definition) is 1. The standard InChI is InChI=1S/C17H24FN3O3/c1-11(2)12(3)19-17(22)13-6-8-20(9-7-13)16-10-14(18)4-5-15(16)21(23)24/h4-5,10-13H,6-9H2,1-3H3,(H,19,22). The van der Waals surface area contributed by atoms with E-state index in [4.69, 9.17) is 0 Å². The normalized spacial score (nSPS) is 17.0. The second-order valence-corrected chi connectivity index (χ2v) is 6.69. The van der Waals surface area contributed by atoms with Gasteiger partial charge in [-0.1, -0.05) is 13.8 Å². The van der Waals surface area contributed by atoms with Crippen molar-refractivity contribution < 1.29 is 14.1 Å². The van der Waals surface area contributed by atoms with Gasteiger partial charge in [-0.2, -0.15) is 0 Å². The lowest BCUT2D eigenvalue weighted by Gasteiger charge is -2.33. The number of amides is 1. The van der Waals surface area contributed by atoms with Crippen LogP contribution in [0.5, 0.6) is 0 Å². The first-order chi connectivity index (χ1) is 11.3. The summed E-state index contributed by atoms with van der Waals surface area (Å²) in [5.41, 5.74) is 0.183. The van der Waals surface area contributed by atoms with Crippen molar-refractivity contribution in [3.05, 3.63) is 34.1 Å². The maximum absolute atomic E-state index is 13.5. The predicted octanol–water partition coefficient (Wildman–Crippen LogP) is 3.11. The van der Waals surface area contributed by atoms with Gasteiger partial charge in [0.05, 0.1) is 4.92 Å². The molecule has 0 bridgehead atoms. The van der Waals surface area contributed by atoms with Crippen molar-refractivity contribution in [2.24, 2.45) is 11.8 Å². The molecule has 6 nitrogen and oxygen atoms in total. The molecule has 1 aromatic carbocycles. The molecule has 1 heterocycles. The van der Waals surface area contributed by atoms with Crippen LogP contribution in [0.2, 0.25) is 0 Å². The molecule has 1 aromatic rings. The van der Waals surface area contributed by atoms with Crippen LogP contribution in [0, 0.1) is 27.8 Å². The summed E-state index contributed by atoms with van der Waals surface area (Å²) >= 11 is 0. The number of rotatable bonds is 5. The van der Waals surface area contributed by atoms with Gasteiger partial charge in [0, 0.05) is 37.2 Å². The second-order valence-electron chi connectivity index (χ2n) is 6.69. The average Bonchev–Trinajstić information content (AvgIpc) is 2.54. The van der Waals surface area contributed by atoms with Crippen LogP contribution >= 0.6 is 0 Å². The van der Waals surface area contributed by atoms with E-state index in [9.17, 15) is 19.3 Å². The first-order valence-electron chi connectivity index (χ1n) is 8.29. The first-order valence-corrected chi connectivity index (χ1v) is 8.29. The molecule has 24 heavy (non-hydrogen) atoms. The molecule has 1 unspecified atom stereocenters. The van der Waals surface area contributed by atoms with Crippen LogP contribution in [-0.4, -0.2) is 30.0 Å². The van der Waals surface area contributed by atoms with Gasteiger partial charge in [-0.15, -0.1) is 0 Å². The summed E-state index contributed by atoms with van der Waals surface area (Å²) in [5, 5.41) is 14.1. The van der Waals surface area contributed by atoms with E-state index < -0.39 is 10.7 Å². The minimum atomic E-state index is -0.502. The highest BCUT2D eigenvalue weighted by atomic mass is 19.1. The van der Waals surface area contributed by atoms with Crippen LogP contribution < -0.4 is 10.2 Å². The van der Waals surface area contributed by atoms with E-state index in [2.05, 4.69) is 19.2 Å². The Morgan fingerprint density at radius 3 is 2.50 bits per heavy atom. The minimum absolute atomic E-state index is 0.0320. The van der Waals surface area contributed by atoms with Gasteiger partial charge in [0.15, 0.2) is 0 Å².